The first-order valence-electron chi connectivity index (χ1n) is 9.65. The van der Waals surface area contributed by atoms with Crippen LogP contribution < -0.4 is 5.32 Å². The molecule has 0 aromatic heterocycles. The van der Waals surface area contributed by atoms with E-state index in [2.05, 4.69) is 5.32 Å². The Morgan fingerprint density at radius 3 is 2.90 bits per heavy atom. The van der Waals surface area contributed by atoms with Gasteiger partial charge >= 0.3 is 6.09 Å². The monoisotopic (exact) mass is 450 g/mol. The van der Waals surface area contributed by atoms with Gasteiger partial charge in [-0.3, -0.25) is 4.90 Å². The summed E-state index contributed by atoms with van der Waals surface area (Å²) in [5, 5.41) is 3.33. The van der Waals surface area contributed by atoms with Crippen LogP contribution in [-0.4, -0.2) is 34.2 Å². The van der Waals surface area contributed by atoms with Gasteiger partial charge in [0.1, 0.15) is 10.6 Å². The van der Waals surface area contributed by atoms with Crippen molar-refractivity contribution in [2.24, 2.45) is 0 Å². The van der Waals surface area contributed by atoms with E-state index in [0.29, 0.717) is 28.6 Å². The highest BCUT2D eigenvalue weighted by Gasteiger charge is 2.35. The van der Waals surface area contributed by atoms with Gasteiger partial charge in [0.2, 0.25) is 0 Å². The number of amides is 1. The van der Waals surface area contributed by atoms with E-state index in [1.54, 1.807) is 35.3 Å². The normalized spacial score (nSPS) is 18.8. The van der Waals surface area contributed by atoms with Crippen molar-refractivity contribution >= 4 is 46.2 Å². The molecular formula is C22H24ClFN2O3S. The number of halogens is 2. The fourth-order valence-corrected chi connectivity index (χ4v) is 3.82. The van der Waals surface area contributed by atoms with Crippen molar-refractivity contribution in [2.75, 3.05) is 11.9 Å². The third kappa shape index (κ3) is 5.21. The Balaban J connectivity index is 1.79. The number of carbonyl (C=O) groups is 1. The fourth-order valence-electron chi connectivity index (χ4n) is 3.25. The lowest BCUT2D eigenvalue weighted by Gasteiger charge is -2.29. The minimum atomic E-state index is -0.601. The number of hydrogen-bond acceptors (Lipinski definition) is 4. The fraction of sp³-hybridized carbons (Fsp3) is 0.364. The van der Waals surface area contributed by atoms with Crippen LogP contribution in [0.15, 0.2) is 47.9 Å². The van der Waals surface area contributed by atoms with Gasteiger partial charge in [-0.25, -0.2) is 9.18 Å². The first-order valence-corrected chi connectivity index (χ1v) is 10.4. The van der Waals surface area contributed by atoms with Gasteiger partial charge in [-0.05, 0) is 51.8 Å². The number of nitrogens with one attached hydrogen (secondary N) is 1. The van der Waals surface area contributed by atoms with Gasteiger partial charge in [-0.2, -0.15) is 0 Å². The van der Waals surface area contributed by atoms with Crippen LogP contribution in [0.5, 0.6) is 0 Å². The molecule has 0 spiro atoms. The van der Waals surface area contributed by atoms with Gasteiger partial charge in [0.05, 0.1) is 29.3 Å². The molecule has 1 aromatic rings. The summed E-state index contributed by atoms with van der Waals surface area (Å²) >= 11 is 11.8. The number of nitrogens with zero attached hydrogens (tertiary/aromatic N) is 1. The van der Waals surface area contributed by atoms with Crippen molar-refractivity contribution < 1.29 is 18.7 Å². The minimum Gasteiger partial charge on any atom is -0.472 e. The summed E-state index contributed by atoms with van der Waals surface area (Å²) in [5.41, 5.74) is 0.305. The van der Waals surface area contributed by atoms with E-state index in [1.165, 1.54) is 12.5 Å². The number of allylic oxidation sites excluding steroid dienone is 4. The largest absolute Gasteiger partial charge is 0.472 e. The zero-order chi connectivity index (χ0) is 21.9. The van der Waals surface area contributed by atoms with E-state index in [4.69, 9.17) is 33.3 Å². The van der Waals surface area contributed by atoms with E-state index >= 15 is 4.39 Å². The quantitative estimate of drug-likeness (QED) is 0.575. The highest BCUT2D eigenvalue weighted by atomic mass is 35.5. The minimum absolute atomic E-state index is 0.205. The van der Waals surface area contributed by atoms with Gasteiger partial charge < -0.3 is 14.8 Å². The number of thiocarbonyl (C=S) groups is 1. The van der Waals surface area contributed by atoms with Gasteiger partial charge in [-0.1, -0.05) is 36.0 Å². The molecule has 0 aliphatic carbocycles. The van der Waals surface area contributed by atoms with Gasteiger partial charge in [0, 0.05) is 17.7 Å². The highest BCUT2D eigenvalue weighted by Crippen LogP contribution is 2.33. The molecule has 8 heteroatoms. The van der Waals surface area contributed by atoms with Crippen LogP contribution in [0.3, 0.4) is 0 Å². The van der Waals surface area contributed by atoms with E-state index in [9.17, 15) is 4.79 Å². The van der Waals surface area contributed by atoms with E-state index < -0.39 is 17.5 Å². The number of likely N-dealkylation sites (tertiary alicyclic amines) is 1. The lowest BCUT2D eigenvalue weighted by atomic mass is 10.0. The number of hydrogen-bond donors (Lipinski definition) is 1. The molecule has 1 saturated heterocycles. The van der Waals surface area contributed by atoms with Crippen molar-refractivity contribution in [1.29, 1.82) is 0 Å². The SMILES string of the molecule is CC(C)(C)OC(=O)N1CCCC1C(=S)Nc1cccc(C2=COC=CC=C2Cl)c1F. The number of benzene rings is 1. The molecule has 160 valence electrons. The van der Waals surface area contributed by atoms with Crippen LogP contribution in [-0.2, 0) is 9.47 Å². The number of rotatable bonds is 3. The summed E-state index contributed by atoms with van der Waals surface area (Å²) < 4.78 is 26.0. The molecule has 2 aliphatic heterocycles. The maximum atomic E-state index is 15.3. The summed E-state index contributed by atoms with van der Waals surface area (Å²) in [6.45, 7) is 5.98. The predicted molar refractivity (Wildman–Crippen MR) is 121 cm³/mol. The van der Waals surface area contributed by atoms with Crippen LogP contribution in [0.4, 0.5) is 14.9 Å². The van der Waals surface area contributed by atoms with Crippen molar-refractivity contribution in [3.05, 3.63) is 59.3 Å². The van der Waals surface area contributed by atoms with Crippen molar-refractivity contribution in [3.63, 3.8) is 0 Å². The third-order valence-electron chi connectivity index (χ3n) is 4.57. The number of ether oxygens (including phenoxy) is 2. The average Bonchev–Trinajstić information content (AvgIpc) is 3.06. The summed E-state index contributed by atoms with van der Waals surface area (Å²) in [4.78, 5) is 14.5. The Hall–Kier alpha value is -2.38. The van der Waals surface area contributed by atoms with E-state index in [-0.39, 0.29) is 17.3 Å². The maximum absolute atomic E-state index is 15.3. The Morgan fingerprint density at radius 1 is 1.40 bits per heavy atom. The molecule has 5 nitrogen and oxygen atoms in total. The van der Waals surface area contributed by atoms with Crippen LogP contribution >= 0.6 is 23.8 Å². The van der Waals surface area contributed by atoms with Gasteiger partial charge in [0.15, 0.2) is 5.82 Å². The molecule has 2 heterocycles. The van der Waals surface area contributed by atoms with Crippen LogP contribution in [0.1, 0.15) is 39.2 Å². The van der Waals surface area contributed by atoms with E-state index in [1.807, 2.05) is 20.8 Å². The molecule has 1 atom stereocenters. The second-order valence-electron chi connectivity index (χ2n) is 8.00. The molecule has 1 aromatic carbocycles. The average molecular weight is 451 g/mol. The zero-order valence-corrected chi connectivity index (χ0v) is 18.6. The van der Waals surface area contributed by atoms with Crippen molar-refractivity contribution in [1.82, 2.24) is 4.90 Å². The molecule has 1 fully saturated rings. The number of carbonyl (C=O) groups excluding carboxylic acids is 1. The molecule has 0 saturated carbocycles. The van der Waals surface area contributed by atoms with E-state index in [0.717, 1.165) is 6.42 Å². The summed E-state index contributed by atoms with van der Waals surface area (Å²) in [6.07, 6.45) is 7.17. The Morgan fingerprint density at radius 2 is 2.17 bits per heavy atom. The zero-order valence-electron chi connectivity index (χ0n) is 17.1. The van der Waals surface area contributed by atoms with Crippen LogP contribution in [0.25, 0.3) is 5.57 Å². The lowest BCUT2D eigenvalue weighted by molar-refractivity contribution is 0.0267. The Kier molecular flexibility index (Phi) is 6.83. The molecule has 30 heavy (non-hydrogen) atoms. The first-order chi connectivity index (χ1) is 14.2. The second-order valence-corrected chi connectivity index (χ2v) is 8.85. The van der Waals surface area contributed by atoms with Crippen LogP contribution in [0.2, 0.25) is 0 Å². The topological polar surface area (TPSA) is 50.8 Å². The second kappa shape index (κ2) is 9.18. The molecule has 1 unspecified atom stereocenters. The predicted octanol–water partition coefficient (Wildman–Crippen LogP) is 5.97. The van der Waals surface area contributed by atoms with Gasteiger partial charge in [-0.15, -0.1) is 0 Å². The maximum Gasteiger partial charge on any atom is 0.410 e. The molecule has 0 radical (unpaired) electrons. The first kappa shape index (κ1) is 22.3. The molecule has 3 rings (SSSR count). The van der Waals surface area contributed by atoms with Crippen LogP contribution in [0, 0.1) is 5.82 Å². The summed E-state index contributed by atoms with van der Waals surface area (Å²) in [6, 6.07) is 4.55. The lowest BCUT2D eigenvalue weighted by Crippen LogP contribution is -2.44. The van der Waals surface area contributed by atoms with Gasteiger partial charge in [0.25, 0.3) is 0 Å². The molecular weight excluding hydrogens is 427 g/mol. The molecule has 1 amide bonds. The highest BCUT2D eigenvalue weighted by molar-refractivity contribution is 7.80. The summed E-state index contributed by atoms with van der Waals surface area (Å²) in [5.74, 6) is -0.509. The molecule has 2 aliphatic rings. The standard InChI is InChI=1S/C22H24ClFN2O3S/c1-22(2,3)29-21(27)26-11-5-10-18(26)20(30)25-17-9-4-7-14(19(17)24)15-13-28-12-6-8-16(15)23/h4,6-9,12-13,18H,5,10-11H2,1-3H3,(H,25,30). The Labute approximate surface area is 186 Å². The molecule has 1 N–H and O–H groups in total. The number of anilines is 1. The molecule has 0 bridgehead atoms. The Bertz CT molecular complexity index is 937. The van der Waals surface area contributed by atoms with Crippen molar-refractivity contribution in [3.8, 4) is 0 Å². The smallest absolute Gasteiger partial charge is 0.410 e. The summed E-state index contributed by atoms with van der Waals surface area (Å²) in [7, 11) is 0. The third-order valence-corrected chi connectivity index (χ3v) is 5.28. The van der Waals surface area contributed by atoms with Crippen molar-refractivity contribution in [2.45, 2.75) is 45.3 Å².